The SMILES string of the molecule is CC1C=NC(Cl)N1. The van der Waals surface area contributed by atoms with Crippen molar-refractivity contribution in [1.29, 1.82) is 0 Å². The molecule has 0 aromatic rings. The summed E-state index contributed by atoms with van der Waals surface area (Å²) in [7, 11) is 0. The third kappa shape index (κ3) is 1.14. The van der Waals surface area contributed by atoms with E-state index in [2.05, 4.69) is 10.3 Å². The molecule has 0 saturated carbocycles. The fourth-order valence-corrected chi connectivity index (χ4v) is 0.771. The summed E-state index contributed by atoms with van der Waals surface area (Å²) in [5.74, 6) is 0. The monoisotopic (exact) mass is 118 g/mol. The molecule has 0 bridgehead atoms. The molecule has 0 fully saturated rings. The molecule has 2 nitrogen and oxygen atoms in total. The van der Waals surface area contributed by atoms with Gasteiger partial charge >= 0.3 is 0 Å². The molecule has 2 atom stereocenters. The van der Waals surface area contributed by atoms with Gasteiger partial charge in [0.1, 0.15) is 0 Å². The molecular weight excluding hydrogens is 112 g/mol. The Kier molecular flexibility index (Phi) is 1.30. The van der Waals surface area contributed by atoms with E-state index in [0.717, 1.165) is 0 Å². The minimum absolute atomic E-state index is 0.185. The van der Waals surface area contributed by atoms with E-state index in [9.17, 15) is 0 Å². The van der Waals surface area contributed by atoms with Crippen molar-refractivity contribution in [1.82, 2.24) is 5.32 Å². The van der Waals surface area contributed by atoms with Crippen LogP contribution in [-0.2, 0) is 0 Å². The van der Waals surface area contributed by atoms with Crippen LogP contribution in [0, 0.1) is 0 Å². The lowest BCUT2D eigenvalue weighted by atomic mass is 10.4. The predicted octanol–water partition coefficient (Wildman–Crippen LogP) is 0.571. The number of hydrogen-bond donors (Lipinski definition) is 1. The second kappa shape index (κ2) is 1.80. The zero-order chi connectivity index (χ0) is 5.28. The van der Waals surface area contributed by atoms with Crippen molar-refractivity contribution >= 4 is 17.8 Å². The van der Waals surface area contributed by atoms with Gasteiger partial charge in [-0.25, -0.2) is 0 Å². The van der Waals surface area contributed by atoms with Gasteiger partial charge in [0.15, 0.2) is 5.62 Å². The van der Waals surface area contributed by atoms with E-state index in [4.69, 9.17) is 11.6 Å². The Morgan fingerprint density at radius 3 is 2.71 bits per heavy atom. The highest BCUT2D eigenvalue weighted by molar-refractivity contribution is 6.21. The van der Waals surface area contributed by atoms with E-state index in [-0.39, 0.29) is 5.62 Å². The molecule has 40 valence electrons. The first-order valence-corrected chi connectivity index (χ1v) is 2.66. The highest BCUT2D eigenvalue weighted by Gasteiger charge is 2.09. The van der Waals surface area contributed by atoms with E-state index in [1.165, 1.54) is 0 Å². The first-order valence-electron chi connectivity index (χ1n) is 2.22. The smallest absolute Gasteiger partial charge is 0.175 e. The van der Waals surface area contributed by atoms with Crippen molar-refractivity contribution in [3.05, 3.63) is 0 Å². The predicted molar refractivity (Wildman–Crippen MR) is 30.7 cm³/mol. The highest BCUT2D eigenvalue weighted by atomic mass is 35.5. The van der Waals surface area contributed by atoms with Crippen LogP contribution in [0.4, 0.5) is 0 Å². The zero-order valence-electron chi connectivity index (χ0n) is 4.06. The fraction of sp³-hybridized carbons (Fsp3) is 0.750. The normalized spacial score (nSPS) is 39.7. The summed E-state index contributed by atoms with van der Waals surface area (Å²) in [6.45, 7) is 2.01. The van der Waals surface area contributed by atoms with Crippen LogP contribution in [-0.4, -0.2) is 17.9 Å². The molecular formula is C4H7ClN2. The average Bonchev–Trinajstić information content (AvgIpc) is 1.87. The number of aliphatic imine (C=N–C) groups is 1. The molecule has 0 radical (unpaired) electrons. The van der Waals surface area contributed by atoms with Gasteiger partial charge < -0.3 is 0 Å². The molecule has 0 spiro atoms. The van der Waals surface area contributed by atoms with Crippen molar-refractivity contribution in [2.24, 2.45) is 4.99 Å². The molecule has 7 heavy (non-hydrogen) atoms. The van der Waals surface area contributed by atoms with Gasteiger partial charge in [-0.15, -0.1) is 0 Å². The average molecular weight is 119 g/mol. The number of rotatable bonds is 0. The minimum atomic E-state index is -0.185. The molecule has 0 saturated heterocycles. The third-order valence-corrected chi connectivity index (χ3v) is 1.08. The topological polar surface area (TPSA) is 24.4 Å². The van der Waals surface area contributed by atoms with Crippen LogP contribution in [0.25, 0.3) is 0 Å². The fourth-order valence-electron chi connectivity index (χ4n) is 0.508. The minimum Gasteiger partial charge on any atom is -0.276 e. The molecule has 0 aromatic heterocycles. The van der Waals surface area contributed by atoms with Gasteiger partial charge in [-0.05, 0) is 6.92 Å². The van der Waals surface area contributed by atoms with Crippen LogP contribution in [0.5, 0.6) is 0 Å². The summed E-state index contributed by atoms with van der Waals surface area (Å²) >= 11 is 5.50. The molecule has 1 aliphatic rings. The standard InChI is InChI=1S/C4H7ClN2/c1-3-2-6-4(5)7-3/h2-4,7H,1H3. The maximum Gasteiger partial charge on any atom is 0.175 e. The summed E-state index contributed by atoms with van der Waals surface area (Å²) in [5.41, 5.74) is -0.185. The summed E-state index contributed by atoms with van der Waals surface area (Å²) < 4.78 is 0. The van der Waals surface area contributed by atoms with Crippen molar-refractivity contribution in [2.45, 2.75) is 18.6 Å². The van der Waals surface area contributed by atoms with Crippen LogP contribution in [0.3, 0.4) is 0 Å². The molecule has 3 heteroatoms. The van der Waals surface area contributed by atoms with Crippen LogP contribution in [0.1, 0.15) is 6.92 Å². The maximum atomic E-state index is 5.50. The van der Waals surface area contributed by atoms with Gasteiger partial charge in [-0.2, -0.15) is 0 Å². The lowest BCUT2D eigenvalue weighted by Gasteiger charge is -1.98. The maximum absolute atomic E-state index is 5.50. The van der Waals surface area contributed by atoms with Gasteiger partial charge in [0, 0.05) is 12.3 Å². The number of halogens is 1. The zero-order valence-corrected chi connectivity index (χ0v) is 4.81. The Labute approximate surface area is 47.6 Å². The first kappa shape index (κ1) is 5.06. The summed E-state index contributed by atoms with van der Waals surface area (Å²) in [6.07, 6.45) is 1.80. The van der Waals surface area contributed by atoms with Crippen molar-refractivity contribution in [2.75, 3.05) is 0 Å². The quantitative estimate of drug-likeness (QED) is 0.365. The van der Waals surface area contributed by atoms with E-state index < -0.39 is 0 Å². The van der Waals surface area contributed by atoms with Crippen LogP contribution in [0.15, 0.2) is 4.99 Å². The van der Waals surface area contributed by atoms with Gasteiger partial charge in [-0.3, -0.25) is 10.3 Å². The Morgan fingerprint density at radius 2 is 2.57 bits per heavy atom. The van der Waals surface area contributed by atoms with E-state index in [1.807, 2.05) is 6.92 Å². The first-order chi connectivity index (χ1) is 3.29. The highest BCUT2D eigenvalue weighted by Crippen LogP contribution is 1.99. The van der Waals surface area contributed by atoms with E-state index in [1.54, 1.807) is 6.21 Å². The van der Waals surface area contributed by atoms with Gasteiger partial charge in [0.05, 0.1) is 0 Å². The largest absolute Gasteiger partial charge is 0.276 e. The molecule has 1 heterocycles. The lowest BCUT2D eigenvalue weighted by Crippen LogP contribution is -2.24. The Bertz CT molecular complexity index is 81.7. The van der Waals surface area contributed by atoms with Crippen LogP contribution < -0.4 is 5.32 Å². The van der Waals surface area contributed by atoms with E-state index in [0.29, 0.717) is 6.04 Å². The summed E-state index contributed by atoms with van der Waals surface area (Å²) in [5, 5.41) is 2.96. The summed E-state index contributed by atoms with van der Waals surface area (Å²) in [4.78, 5) is 3.85. The van der Waals surface area contributed by atoms with Gasteiger partial charge in [0.2, 0.25) is 0 Å². The second-order valence-corrected chi connectivity index (χ2v) is 2.00. The third-order valence-electron chi connectivity index (χ3n) is 0.841. The van der Waals surface area contributed by atoms with Gasteiger partial charge in [-0.1, -0.05) is 11.6 Å². The van der Waals surface area contributed by atoms with Crippen molar-refractivity contribution in [3.63, 3.8) is 0 Å². The van der Waals surface area contributed by atoms with Gasteiger partial charge in [0.25, 0.3) is 0 Å². The second-order valence-electron chi connectivity index (χ2n) is 1.59. The molecule has 1 aliphatic heterocycles. The molecule has 1 N–H and O–H groups in total. The molecule has 0 aliphatic carbocycles. The van der Waals surface area contributed by atoms with Crippen molar-refractivity contribution < 1.29 is 0 Å². The van der Waals surface area contributed by atoms with E-state index >= 15 is 0 Å². The molecule has 2 unspecified atom stereocenters. The Hall–Kier alpha value is -0.0800. The number of nitrogens with zero attached hydrogens (tertiary/aromatic N) is 1. The Morgan fingerprint density at radius 1 is 1.86 bits per heavy atom. The lowest BCUT2D eigenvalue weighted by molar-refractivity contribution is 0.686. The molecule has 1 rings (SSSR count). The molecule has 0 aromatic carbocycles. The Balaban J connectivity index is 2.42. The molecule has 0 amide bonds. The number of alkyl halides is 1. The van der Waals surface area contributed by atoms with Crippen molar-refractivity contribution in [3.8, 4) is 0 Å². The number of nitrogens with one attached hydrogen (secondary N) is 1. The van der Waals surface area contributed by atoms with Crippen LogP contribution in [0.2, 0.25) is 0 Å². The van der Waals surface area contributed by atoms with Crippen LogP contribution >= 0.6 is 11.6 Å². The summed E-state index contributed by atoms with van der Waals surface area (Å²) in [6, 6.07) is 0.350. The number of hydrogen-bond acceptors (Lipinski definition) is 2.